The highest BCUT2D eigenvalue weighted by molar-refractivity contribution is 8.02. The Labute approximate surface area is 180 Å². The van der Waals surface area contributed by atoms with Gasteiger partial charge in [-0.3, -0.25) is 19.8 Å². The average Bonchev–Trinajstić information content (AvgIpc) is 3.42. The molecule has 9 heteroatoms. The van der Waals surface area contributed by atoms with E-state index in [1.54, 1.807) is 16.7 Å². The summed E-state index contributed by atoms with van der Waals surface area (Å²) in [5, 5.41) is 11.7. The Bertz CT molecular complexity index is 1090. The predicted molar refractivity (Wildman–Crippen MR) is 116 cm³/mol. The number of thioether (sulfide) groups is 2. The van der Waals surface area contributed by atoms with Crippen molar-refractivity contribution in [2.45, 2.75) is 32.7 Å². The molecule has 6 nitrogen and oxygen atoms in total. The van der Waals surface area contributed by atoms with Crippen LogP contribution >= 0.6 is 34.9 Å². The van der Waals surface area contributed by atoms with Gasteiger partial charge >= 0.3 is 0 Å². The SMILES string of the molecule is O=C1CC[C@@]2(C(=O)Nc3nnc(SCc4ccccc4)s3)Sc3ccccc3N12. The molecule has 3 heterocycles. The largest absolute Gasteiger partial charge is 0.298 e. The van der Waals surface area contributed by atoms with Crippen LogP contribution in [-0.4, -0.2) is 26.9 Å². The van der Waals surface area contributed by atoms with Crippen LogP contribution in [0.15, 0.2) is 63.8 Å². The van der Waals surface area contributed by atoms with Gasteiger partial charge < -0.3 is 0 Å². The van der Waals surface area contributed by atoms with E-state index in [9.17, 15) is 9.59 Å². The van der Waals surface area contributed by atoms with Gasteiger partial charge in [0.2, 0.25) is 11.0 Å². The third-order valence-electron chi connectivity index (χ3n) is 4.86. The van der Waals surface area contributed by atoms with E-state index >= 15 is 0 Å². The third kappa shape index (κ3) is 3.33. The van der Waals surface area contributed by atoms with Crippen molar-refractivity contribution < 1.29 is 9.59 Å². The lowest BCUT2D eigenvalue weighted by atomic mass is 10.2. The molecule has 0 spiro atoms. The summed E-state index contributed by atoms with van der Waals surface area (Å²) in [5.74, 6) is 0.551. The maximum absolute atomic E-state index is 13.2. The fraction of sp³-hybridized carbons (Fsp3) is 0.200. The monoisotopic (exact) mass is 440 g/mol. The molecule has 0 aliphatic carbocycles. The number of amides is 2. The fourth-order valence-electron chi connectivity index (χ4n) is 3.53. The molecule has 0 bridgehead atoms. The summed E-state index contributed by atoms with van der Waals surface area (Å²) in [7, 11) is 0. The number of para-hydroxylation sites is 1. The smallest absolute Gasteiger partial charge is 0.263 e. The fourth-order valence-corrected chi connectivity index (χ4v) is 6.65. The summed E-state index contributed by atoms with van der Waals surface area (Å²) in [6.07, 6.45) is 0.842. The van der Waals surface area contributed by atoms with Crippen LogP contribution in [0.1, 0.15) is 18.4 Å². The number of anilines is 2. The molecule has 0 radical (unpaired) electrons. The van der Waals surface area contributed by atoms with Crippen molar-refractivity contribution in [2.24, 2.45) is 0 Å². The van der Waals surface area contributed by atoms with Crippen LogP contribution in [0.3, 0.4) is 0 Å². The molecule has 0 unspecified atom stereocenters. The number of fused-ring (bicyclic) bond motifs is 3. The van der Waals surface area contributed by atoms with Gasteiger partial charge in [0.15, 0.2) is 9.21 Å². The van der Waals surface area contributed by atoms with Crippen molar-refractivity contribution in [1.29, 1.82) is 0 Å². The van der Waals surface area contributed by atoms with Crippen LogP contribution in [0.5, 0.6) is 0 Å². The van der Waals surface area contributed by atoms with Gasteiger partial charge in [0, 0.05) is 17.1 Å². The van der Waals surface area contributed by atoms with E-state index in [1.807, 2.05) is 42.5 Å². The number of carbonyl (C=O) groups is 2. The minimum Gasteiger partial charge on any atom is -0.298 e. The van der Waals surface area contributed by atoms with E-state index in [0.29, 0.717) is 18.0 Å². The molecular formula is C20H16N4O2S3. The van der Waals surface area contributed by atoms with Crippen LogP contribution in [0, 0.1) is 0 Å². The van der Waals surface area contributed by atoms with Crippen molar-refractivity contribution in [3.8, 4) is 0 Å². The van der Waals surface area contributed by atoms with Crippen LogP contribution in [-0.2, 0) is 15.3 Å². The zero-order chi connectivity index (χ0) is 19.8. The van der Waals surface area contributed by atoms with Crippen molar-refractivity contribution in [1.82, 2.24) is 10.2 Å². The van der Waals surface area contributed by atoms with Crippen LogP contribution in [0.4, 0.5) is 10.8 Å². The lowest BCUT2D eigenvalue weighted by Crippen LogP contribution is -2.49. The molecule has 2 aliphatic rings. The second-order valence-corrected chi connectivity index (χ2v) is 10.2. The molecule has 2 aliphatic heterocycles. The quantitative estimate of drug-likeness (QED) is 0.468. The van der Waals surface area contributed by atoms with Gasteiger partial charge in [-0.25, -0.2) is 0 Å². The molecule has 29 heavy (non-hydrogen) atoms. The number of nitrogens with zero attached hydrogens (tertiary/aromatic N) is 3. The molecule has 1 fully saturated rings. The highest BCUT2D eigenvalue weighted by Crippen LogP contribution is 2.56. The Morgan fingerprint density at radius 3 is 2.79 bits per heavy atom. The number of rotatable bonds is 5. The summed E-state index contributed by atoms with van der Waals surface area (Å²) in [4.78, 5) is 27.4. The Hall–Kier alpha value is -2.36. The molecule has 0 saturated carbocycles. The van der Waals surface area contributed by atoms with Gasteiger partial charge in [0.1, 0.15) is 0 Å². The minimum absolute atomic E-state index is 0.0195. The lowest BCUT2D eigenvalue weighted by molar-refractivity contribution is -0.121. The molecule has 5 rings (SSSR count). The Kier molecular flexibility index (Phi) is 4.81. The first-order valence-electron chi connectivity index (χ1n) is 9.08. The van der Waals surface area contributed by atoms with Crippen molar-refractivity contribution in [3.63, 3.8) is 0 Å². The van der Waals surface area contributed by atoms with Crippen LogP contribution in [0.25, 0.3) is 0 Å². The number of benzene rings is 2. The van der Waals surface area contributed by atoms with E-state index in [0.717, 1.165) is 20.7 Å². The van der Waals surface area contributed by atoms with E-state index in [2.05, 4.69) is 27.6 Å². The van der Waals surface area contributed by atoms with Crippen molar-refractivity contribution in [3.05, 3.63) is 60.2 Å². The van der Waals surface area contributed by atoms with Gasteiger partial charge in [-0.15, -0.1) is 10.2 Å². The maximum Gasteiger partial charge on any atom is 0.263 e. The Morgan fingerprint density at radius 2 is 1.93 bits per heavy atom. The van der Waals surface area contributed by atoms with Gasteiger partial charge in [0.25, 0.3) is 5.91 Å². The normalized spacial score (nSPS) is 19.9. The molecule has 3 aromatic rings. The van der Waals surface area contributed by atoms with E-state index in [4.69, 9.17) is 0 Å². The van der Waals surface area contributed by atoms with Gasteiger partial charge in [-0.1, -0.05) is 77.3 Å². The highest BCUT2D eigenvalue weighted by Gasteiger charge is 2.57. The molecule has 2 aromatic carbocycles. The molecular weight excluding hydrogens is 424 g/mol. The summed E-state index contributed by atoms with van der Waals surface area (Å²) >= 11 is 4.38. The summed E-state index contributed by atoms with van der Waals surface area (Å²) in [6, 6.07) is 17.8. The first-order valence-corrected chi connectivity index (χ1v) is 11.7. The van der Waals surface area contributed by atoms with Crippen LogP contribution in [0.2, 0.25) is 0 Å². The molecule has 2 amide bonds. The standard InChI is InChI=1S/C20H16N4O2S3/c25-16-10-11-20(24(16)14-8-4-5-9-15(14)29-20)17(26)21-18-22-23-19(28-18)27-12-13-6-2-1-3-7-13/h1-9H,10-12H2,(H,21,22,26)/t20-/m0/s1. The molecule has 1 atom stereocenters. The zero-order valence-electron chi connectivity index (χ0n) is 15.2. The van der Waals surface area contributed by atoms with E-state index < -0.39 is 4.87 Å². The minimum atomic E-state index is -0.941. The molecule has 1 N–H and O–H groups in total. The topological polar surface area (TPSA) is 75.2 Å². The molecule has 146 valence electrons. The maximum atomic E-state index is 13.2. The number of aromatic nitrogens is 2. The van der Waals surface area contributed by atoms with E-state index in [-0.39, 0.29) is 11.8 Å². The van der Waals surface area contributed by atoms with Crippen LogP contribution < -0.4 is 10.2 Å². The summed E-state index contributed by atoms with van der Waals surface area (Å²) in [6.45, 7) is 0. The first-order chi connectivity index (χ1) is 14.2. The lowest BCUT2D eigenvalue weighted by Gasteiger charge is -2.29. The molecule has 1 aromatic heterocycles. The van der Waals surface area contributed by atoms with Gasteiger partial charge in [-0.2, -0.15) is 0 Å². The summed E-state index contributed by atoms with van der Waals surface area (Å²) in [5.41, 5.74) is 2.02. The van der Waals surface area contributed by atoms with Gasteiger partial charge in [-0.05, 0) is 24.1 Å². The number of nitrogens with one attached hydrogen (secondary N) is 1. The summed E-state index contributed by atoms with van der Waals surface area (Å²) < 4.78 is 0.795. The second kappa shape index (κ2) is 7.47. The van der Waals surface area contributed by atoms with E-state index in [1.165, 1.54) is 28.7 Å². The third-order valence-corrected chi connectivity index (χ3v) is 8.38. The van der Waals surface area contributed by atoms with Gasteiger partial charge in [0.05, 0.1) is 5.69 Å². The highest BCUT2D eigenvalue weighted by atomic mass is 32.2. The first kappa shape index (κ1) is 18.7. The second-order valence-electron chi connectivity index (χ2n) is 6.68. The number of carbonyl (C=O) groups excluding carboxylic acids is 2. The Balaban J connectivity index is 1.31. The molecule has 1 saturated heterocycles. The predicted octanol–water partition coefficient (Wildman–Crippen LogP) is 4.40. The average molecular weight is 441 g/mol. The zero-order valence-corrected chi connectivity index (χ0v) is 17.6. The van der Waals surface area contributed by atoms with Crippen molar-refractivity contribution in [2.75, 3.05) is 10.2 Å². The number of hydrogen-bond donors (Lipinski definition) is 1. The number of hydrogen-bond acceptors (Lipinski definition) is 7. The Morgan fingerprint density at radius 1 is 1.14 bits per heavy atom. The van der Waals surface area contributed by atoms with Crippen molar-refractivity contribution >= 4 is 57.5 Å².